The predicted molar refractivity (Wildman–Crippen MR) is 149 cm³/mol. The standard InChI is InChI=1S/C33H17N5/c34-18-21-9-12-31-26(15-21)25-6-2-4-8-30(25)37(31)24-11-14-33-28(17-24)27-16-22(19-35)10-13-32(27)38(33)29-7-3-1-5-23(29)20-36/h1-17H. The number of benzene rings is 5. The summed E-state index contributed by atoms with van der Waals surface area (Å²) in [6, 6.07) is 40.4. The van der Waals surface area contributed by atoms with E-state index in [-0.39, 0.29) is 0 Å². The van der Waals surface area contributed by atoms with Crippen LogP contribution in [0.1, 0.15) is 16.7 Å². The second-order valence-electron chi connectivity index (χ2n) is 9.21. The molecule has 7 rings (SSSR count). The average Bonchev–Trinajstić information content (AvgIpc) is 3.48. The maximum Gasteiger partial charge on any atom is 0.101 e. The molecule has 174 valence electrons. The fourth-order valence-electron chi connectivity index (χ4n) is 5.56. The lowest BCUT2D eigenvalue weighted by atomic mass is 10.1. The summed E-state index contributed by atoms with van der Waals surface area (Å²) in [5.41, 5.74) is 7.51. The van der Waals surface area contributed by atoms with Crippen LogP contribution in [0.2, 0.25) is 0 Å². The Kier molecular flexibility index (Phi) is 4.57. The quantitative estimate of drug-likeness (QED) is 0.255. The minimum atomic E-state index is 0.579. The molecular weight excluding hydrogens is 466 g/mol. The second kappa shape index (κ2) is 8.10. The summed E-state index contributed by atoms with van der Waals surface area (Å²) < 4.78 is 4.31. The van der Waals surface area contributed by atoms with Crippen LogP contribution in [-0.2, 0) is 0 Å². The van der Waals surface area contributed by atoms with Gasteiger partial charge >= 0.3 is 0 Å². The average molecular weight is 484 g/mol. The number of nitriles is 3. The summed E-state index contributed by atoms with van der Waals surface area (Å²) >= 11 is 0. The van der Waals surface area contributed by atoms with Crippen molar-refractivity contribution in [3.8, 4) is 29.6 Å². The smallest absolute Gasteiger partial charge is 0.101 e. The molecule has 0 aliphatic carbocycles. The van der Waals surface area contributed by atoms with Gasteiger partial charge in [-0.2, -0.15) is 15.8 Å². The summed E-state index contributed by atoms with van der Waals surface area (Å²) in [6.45, 7) is 0. The van der Waals surface area contributed by atoms with E-state index in [2.05, 4.69) is 57.7 Å². The molecule has 38 heavy (non-hydrogen) atoms. The Balaban J connectivity index is 1.60. The van der Waals surface area contributed by atoms with Crippen molar-refractivity contribution in [2.45, 2.75) is 0 Å². The highest BCUT2D eigenvalue weighted by Crippen LogP contribution is 2.37. The van der Waals surface area contributed by atoms with Gasteiger partial charge in [0, 0.05) is 27.2 Å². The van der Waals surface area contributed by atoms with Crippen molar-refractivity contribution in [3.05, 3.63) is 120 Å². The van der Waals surface area contributed by atoms with E-state index in [4.69, 9.17) is 0 Å². The van der Waals surface area contributed by atoms with Crippen molar-refractivity contribution in [2.24, 2.45) is 0 Å². The molecule has 0 N–H and O–H groups in total. The van der Waals surface area contributed by atoms with Gasteiger partial charge in [-0.1, -0.05) is 30.3 Å². The highest BCUT2D eigenvalue weighted by atomic mass is 15.0. The van der Waals surface area contributed by atoms with Crippen molar-refractivity contribution in [2.75, 3.05) is 0 Å². The van der Waals surface area contributed by atoms with Gasteiger partial charge in [0.15, 0.2) is 0 Å². The molecule has 0 spiro atoms. The number of aromatic nitrogens is 2. The number of nitrogens with zero attached hydrogens (tertiary/aromatic N) is 5. The molecule has 0 fully saturated rings. The molecule has 5 aromatic carbocycles. The van der Waals surface area contributed by atoms with Crippen LogP contribution in [0.15, 0.2) is 103 Å². The van der Waals surface area contributed by atoms with Crippen molar-refractivity contribution in [1.29, 1.82) is 15.8 Å². The fourth-order valence-corrected chi connectivity index (χ4v) is 5.56. The minimum Gasteiger partial charge on any atom is -0.309 e. The zero-order chi connectivity index (χ0) is 25.8. The van der Waals surface area contributed by atoms with Crippen LogP contribution < -0.4 is 0 Å². The zero-order valence-electron chi connectivity index (χ0n) is 20.1. The third-order valence-electron chi connectivity index (χ3n) is 7.20. The lowest BCUT2D eigenvalue weighted by Gasteiger charge is -2.11. The lowest BCUT2D eigenvalue weighted by Crippen LogP contribution is -1.98. The van der Waals surface area contributed by atoms with Crippen molar-refractivity contribution >= 4 is 43.6 Å². The van der Waals surface area contributed by atoms with E-state index in [0.29, 0.717) is 16.7 Å². The molecular formula is C33H17N5. The summed E-state index contributed by atoms with van der Waals surface area (Å²) in [5, 5.41) is 33.0. The van der Waals surface area contributed by atoms with Crippen LogP contribution in [0.5, 0.6) is 0 Å². The largest absolute Gasteiger partial charge is 0.309 e. The van der Waals surface area contributed by atoms with Crippen LogP contribution in [0.25, 0.3) is 55.0 Å². The number of hydrogen-bond acceptors (Lipinski definition) is 3. The van der Waals surface area contributed by atoms with Gasteiger partial charge in [0.2, 0.25) is 0 Å². The molecule has 0 aliphatic heterocycles. The summed E-state index contributed by atoms with van der Waals surface area (Å²) in [4.78, 5) is 0. The third kappa shape index (κ3) is 2.96. The molecule has 0 amide bonds. The fraction of sp³-hybridized carbons (Fsp3) is 0. The van der Waals surface area contributed by atoms with Crippen LogP contribution in [0.4, 0.5) is 0 Å². The van der Waals surface area contributed by atoms with Crippen LogP contribution in [0, 0.1) is 34.0 Å². The van der Waals surface area contributed by atoms with E-state index in [1.54, 1.807) is 0 Å². The Morgan fingerprint density at radius 2 is 1.00 bits per heavy atom. The molecule has 7 aromatic rings. The molecule has 0 bridgehead atoms. The van der Waals surface area contributed by atoms with Gasteiger partial charge in [-0.05, 0) is 72.8 Å². The molecule has 5 nitrogen and oxygen atoms in total. The zero-order valence-corrected chi connectivity index (χ0v) is 20.1. The molecule has 0 unspecified atom stereocenters. The van der Waals surface area contributed by atoms with Gasteiger partial charge in [-0.15, -0.1) is 0 Å². The Morgan fingerprint density at radius 3 is 1.71 bits per heavy atom. The topological polar surface area (TPSA) is 81.2 Å². The molecule has 0 saturated carbocycles. The first-order chi connectivity index (χ1) is 18.7. The molecule has 0 saturated heterocycles. The van der Waals surface area contributed by atoms with Gasteiger partial charge in [0.1, 0.15) is 6.07 Å². The van der Waals surface area contributed by atoms with E-state index in [1.807, 2.05) is 72.8 Å². The van der Waals surface area contributed by atoms with Crippen LogP contribution in [-0.4, -0.2) is 9.13 Å². The normalized spacial score (nSPS) is 11.1. The number of hydrogen-bond donors (Lipinski definition) is 0. The Bertz CT molecular complexity index is 2230. The van der Waals surface area contributed by atoms with Gasteiger partial charge in [-0.3, -0.25) is 0 Å². The van der Waals surface area contributed by atoms with Crippen molar-refractivity contribution in [1.82, 2.24) is 9.13 Å². The first kappa shape index (κ1) is 21.5. The predicted octanol–water partition coefficient (Wildman–Crippen LogP) is 7.50. The first-order valence-corrected chi connectivity index (χ1v) is 12.1. The highest BCUT2D eigenvalue weighted by molar-refractivity contribution is 6.12. The van der Waals surface area contributed by atoms with Gasteiger partial charge in [0.25, 0.3) is 0 Å². The first-order valence-electron chi connectivity index (χ1n) is 12.1. The van der Waals surface area contributed by atoms with Crippen molar-refractivity contribution in [3.63, 3.8) is 0 Å². The SMILES string of the molecule is N#Cc1ccc2c(c1)c1ccccc1n2-c1ccc2c(c1)c1cc(C#N)ccc1n2-c1ccccc1C#N. The molecule has 0 aliphatic rings. The van der Waals surface area contributed by atoms with E-state index in [9.17, 15) is 15.8 Å². The summed E-state index contributed by atoms with van der Waals surface area (Å²) in [7, 11) is 0. The summed E-state index contributed by atoms with van der Waals surface area (Å²) in [5.74, 6) is 0. The second-order valence-corrected chi connectivity index (χ2v) is 9.21. The van der Waals surface area contributed by atoms with E-state index < -0.39 is 0 Å². The van der Waals surface area contributed by atoms with Crippen LogP contribution >= 0.6 is 0 Å². The molecule has 2 heterocycles. The number of para-hydroxylation sites is 2. The van der Waals surface area contributed by atoms with Crippen LogP contribution in [0.3, 0.4) is 0 Å². The molecule has 0 radical (unpaired) electrons. The van der Waals surface area contributed by atoms with E-state index >= 15 is 0 Å². The number of fused-ring (bicyclic) bond motifs is 6. The van der Waals surface area contributed by atoms with E-state index in [0.717, 1.165) is 55.0 Å². The van der Waals surface area contributed by atoms with E-state index in [1.165, 1.54) is 0 Å². The number of rotatable bonds is 2. The highest BCUT2D eigenvalue weighted by Gasteiger charge is 2.18. The monoisotopic (exact) mass is 483 g/mol. The molecule has 2 aromatic heterocycles. The van der Waals surface area contributed by atoms with Gasteiger partial charge < -0.3 is 9.13 Å². The molecule has 0 atom stereocenters. The molecule has 5 heteroatoms. The third-order valence-corrected chi connectivity index (χ3v) is 7.20. The van der Waals surface area contributed by atoms with Gasteiger partial charge in [-0.25, -0.2) is 0 Å². The van der Waals surface area contributed by atoms with Crippen molar-refractivity contribution < 1.29 is 0 Å². The lowest BCUT2D eigenvalue weighted by molar-refractivity contribution is 1.16. The Hall–Kier alpha value is -5.83. The Labute approximate surface area is 217 Å². The maximum absolute atomic E-state index is 9.82. The maximum atomic E-state index is 9.82. The minimum absolute atomic E-state index is 0.579. The summed E-state index contributed by atoms with van der Waals surface area (Å²) in [6.07, 6.45) is 0. The Morgan fingerprint density at radius 1 is 0.447 bits per heavy atom. The van der Waals surface area contributed by atoms with Gasteiger partial charge in [0.05, 0.1) is 56.6 Å².